The maximum Gasteiger partial charge on any atom is 0.303 e. The Balaban J connectivity index is 1.65. The van der Waals surface area contributed by atoms with Gasteiger partial charge in [0.15, 0.2) is 37.4 Å². The van der Waals surface area contributed by atoms with E-state index in [1.807, 2.05) is 0 Å². The van der Waals surface area contributed by atoms with Crippen molar-refractivity contribution in [1.82, 2.24) is 10.6 Å². The number of hydrogen-bond acceptors (Lipinski definition) is 22. The van der Waals surface area contributed by atoms with Crippen LogP contribution >= 0.6 is 0 Å². The van der Waals surface area contributed by atoms with Crippen LogP contribution in [0.3, 0.4) is 0 Å². The van der Waals surface area contributed by atoms with Crippen molar-refractivity contribution in [3.05, 3.63) is 0 Å². The number of carbonyl (C=O) groups is 4. The molecule has 4 aliphatic heterocycles. The molecule has 0 bridgehead atoms. The number of aliphatic hydroxyl groups excluding tert-OH is 9. The Hall–Kier alpha value is -2.76. The lowest BCUT2D eigenvalue weighted by atomic mass is 9.94. The molecule has 2 amide bonds. The summed E-state index contributed by atoms with van der Waals surface area (Å²) in [6.07, 6.45) is -29.6. The molecule has 4 aliphatic rings. The van der Waals surface area contributed by atoms with Gasteiger partial charge in [0.05, 0.1) is 25.9 Å². The van der Waals surface area contributed by atoms with E-state index in [1.165, 1.54) is 6.92 Å². The first kappa shape index (κ1) is 45.9. The summed E-state index contributed by atoms with van der Waals surface area (Å²) < 4.78 is 51.5. The molecule has 4 rings (SSSR count). The summed E-state index contributed by atoms with van der Waals surface area (Å²) in [6.45, 7) is 3.08. The van der Waals surface area contributed by atoms with Gasteiger partial charge in [-0.1, -0.05) is 0 Å². The van der Waals surface area contributed by atoms with Crippen LogP contribution in [-0.2, 0) is 61.8 Å². The van der Waals surface area contributed by atoms with Crippen LogP contribution in [-0.4, -0.2) is 212 Å². The van der Waals surface area contributed by atoms with Crippen molar-refractivity contribution in [3.63, 3.8) is 0 Å². The SMILES string of the molecule is CC(=O)N[C@@H]1[C@@H](O[C@@H]2O[C@@H](C)[C@H](O[C@@H]3O[C@H](CO)[C@H](O[C@H]4O[C@@H]([C@H](O)CO)[C@H](O)[C@H]4O)[C@H](O)[C@H]3NC(C)=O)[C@@H](OC(C)=O)[C@H]2OC(C)=O)[C@H](O)[C@@H](CO)O[C@H]1O. The minimum absolute atomic E-state index is 0.673. The van der Waals surface area contributed by atoms with Gasteiger partial charge in [0.25, 0.3) is 0 Å². The minimum Gasteiger partial charge on any atom is -0.455 e. The van der Waals surface area contributed by atoms with E-state index in [0.29, 0.717) is 0 Å². The monoisotopic (exact) mass is 816 g/mol. The van der Waals surface area contributed by atoms with Crippen LogP contribution in [0.2, 0.25) is 0 Å². The average molecular weight is 817 g/mol. The van der Waals surface area contributed by atoms with E-state index in [0.717, 1.165) is 27.7 Å². The standard InChI is InChI=1S/C32H52N2O22/c1-9-23(53-30-17(33-10(2)38)20(44)25(16(8-37)52-30)55-31-22(46)21(45)24(54-31)14(42)6-35)27(49-12(4)40)28(50-13(5)41)32(48-9)56-26-18(34-11(3)39)29(47)51-15(7-36)19(26)43/h9,14-32,35-37,42-47H,6-8H2,1-5H3,(H,33,38)(H,34,39)/t9-,14+,15+,16+,17+,18+,19+,20+,21+,22+,23-,24-,25-,26+,27+,28+,29+,30-,31+,32-/m0/s1. The fraction of sp³-hybridized carbons (Fsp3) is 0.875. The van der Waals surface area contributed by atoms with Gasteiger partial charge in [0.2, 0.25) is 11.8 Å². The number of hydrogen-bond donors (Lipinski definition) is 11. The zero-order chi connectivity index (χ0) is 41.8. The predicted molar refractivity (Wildman–Crippen MR) is 175 cm³/mol. The summed E-state index contributed by atoms with van der Waals surface area (Å²) in [6, 6.07) is -3.03. The zero-order valence-corrected chi connectivity index (χ0v) is 31.0. The quantitative estimate of drug-likeness (QED) is 0.0725. The third-order valence-electron chi connectivity index (χ3n) is 9.49. The van der Waals surface area contributed by atoms with Crippen LogP contribution in [0.5, 0.6) is 0 Å². The molecular formula is C32H52N2O22. The molecule has 0 unspecified atom stereocenters. The van der Waals surface area contributed by atoms with Crippen molar-refractivity contribution in [2.75, 3.05) is 19.8 Å². The van der Waals surface area contributed by atoms with Crippen LogP contribution in [0.1, 0.15) is 34.6 Å². The first-order valence-corrected chi connectivity index (χ1v) is 17.7. The summed E-state index contributed by atoms with van der Waals surface area (Å²) in [4.78, 5) is 49.3. The Labute approximate surface area is 319 Å². The molecule has 4 heterocycles. The number of rotatable bonds is 14. The Morgan fingerprint density at radius 2 is 1.14 bits per heavy atom. The normalized spacial score (nSPS) is 43.4. The lowest BCUT2D eigenvalue weighted by Gasteiger charge is -2.50. The summed E-state index contributed by atoms with van der Waals surface area (Å²) in [5.74, 6) is -3.28. The third-order valence-corrected chi connectivity index (χ3v) is 9.49. The van der Waals surface area contributed by atoms with Crippen molar-refractivity contribution in [2.24, 2.45) is 0 Å². The van der Waals surface area contributed by atoms with Crippen molar-refractivity contribution in [1.29, 1.82) is 0 Å². The van der Waals surface area contributed by atoms with Crippen molar-refractivity contribution in [2.45, 2.75) is 157 Å². The molecule has 0 radical (unpaired) electrons. The summed E-state index contributed by atoms with van der Waals surface area (Å²) in [5.41, 5.74) is 0. The molecule has 24 nitrogen and oxygen atoms in total. The van der Waals surface area contributed by atoms with Crippen LogP contribution in [0.25, 0.3) is 0 Å². The second-order valence-electron chi connectivity index (χ2n) is 13.8. The fourth-order valence-corrected chi connectivity index (χ4v) is 6.96. The van der Waals surface area contributed by atoms with Gasteiger partial charge in [-0.3, -0.25) is 19.2 Å². The van der Waals surface area contributed by atoms with Gasteiger partial charge in [-0.2, -0.15) is 0 Å². The first-order chi connectivity index (χ1) is 26.3. The molecule has 0 saturated carbocycles. The van der Waals surface area contributed by atoms with E-state index in [2.05, 4.69) is 10.6 Å². The maximum absolute atomic E-state index is 12.5. The van der Waals surface area contributed by atoms with Crippen molar-refractivity contribution >= 4 is 23.8 Å². The van der Waals surface area contributed by atoms with Crippen LogP contribution < -0.4 is 10.6 Å². The fourth-order valence-electron chi connectivity index (χ4n) is 6.96. The van der Waals surface area contributed by atoms with Gasteiger partial charge in [0.1, 0.15) is 79.2 Å². The number of nitrogens with one attached hydrogen (secondary N) is 2. The maximum atomic E-state index is 12.5. The second kappa shape index (κ2) is 19.8. The first-order valence-electron chi connectivity index (χ1n) is 17.7. The van der Waals surface area contributed by atoms with Crippen LogP contribution in [0.15, 0.2) is 0 Å². The molecule has 0 aromatic rings. The lowest BCUT2D eigenvalue weighted by molar-refractivity contribution is -0.365. The van der Waals surface area contributed by atoms with E-state index < -0.39 is 166 Å². The smallest absolute Gasteiger partial charge is 0.303 e. The van der Waals surface area contributed by atoms with Crippen molar-refractivity contribution in [3.8, 4) is 0 Å². The molecule has 322 valence electrons. The Morgan fingerprint density at radius 3 is 1.70 bits per heavy atom. The van der Waals surface area contributed by atoms with Crippen LogP contribution in [0.4, 0.5) is 0 Å². The summed E-state index contributed by atoms with van der Waals surface area (Å²) >= 11 is 0. The second-order valence-corrected chi connectivity index (χ2v) is 13.8. The van der Waals surface area contributed by atoms with E-state index in [-0.39, 0.29) is 0 Å². The number of ether oxygens (including phenoxy) is 9. The third kappa shape index (κ3) is 10.5. The van der Waals surface area contributed by atoms with E-state index in [1.54, 1.807) is 0 Å². The molecule has 0 aromatic carbocycles. The average Bonchev–Trinajstić information content (AvgIpc) is 3.40. The van der Waals surface area contributed by atoms with E-state index in [4.69, 9.17) is 42.6 Å². The minimum atomic E-state index is -1.84. The lowest BCUT2D eigenvalue weighted by Crippen LogP contribution is -2.69. The molecule has 24 heteroatoms. The topological polar surface area (TPSA) is 357 Å². The largest absolute Gasteiger partial charge is 0.455 e. The summed E-state index contributed by atoms with van der Waals surface area (Å²) in [7, 11) is 0. The van der Waals surface area contributed by atoms with Gasteiger partial charge >= 0.3 is 11.9 Å². The Morgan fingerprint density at radius 1 is 0.589 bits per heavy atom. The van der Waals surface area contributed by atoms with Crippen molar-refractivity contribution < 1.29 is 108 Å². The molecule has 11 N–H and O–H groups in total. The highest BCUT2D eigenvalue weighted by Crippen LogP contribution is 2.36. The number of amides is 2. The molecule has 0 spiro atoms. The highest BCUT2D eigenvalue weighted by Gasteiger charge is 2.57. The van der Waals surface area contributed by atoms with E-state index in [9.17, 15) is 65.1 Å². The number of carbonyl (C=O) groups excluding carboxylic acids is 4. The van der Waals surface area contributed by atoms with Gasteiger partial charge < -0.3 is 99.2 Å². The highest BCUT2D eigenvalue weighted by molar-refractivity contribution is 5.73. The molecule has 56 heavy (non-hydrogen) atoms. The summed E-state index contributed by atoms with van der Waals surface area (Å²) in [5, 5.41) is 98.3. The Kier molecular flexibility index (Phi) is 16.2. The number of aliphatic hydroxyl groups is 9. The molecule has 4 fully saturated rings. The molecular weight excluding hydrogens is 764 g/mol. The van der Waals surface area contributed by atoms with Gasteiger partial charge in [-0.25, -0.2) is 0 Å². The van der Waals surface area contributed by atoms with Crippen LogP contribution in [0, 0.1) is 0 Å². The molecule has 20 atom stereocenters. The molecule has 0 aromatic heterocycles. The van der Waals surface area contributed by atoms with Gasteiger partial charge in [0, 0.05) is 27.7 Å². The molecule has 0 aliphatic carbocycles. The van der Waals surface area contributed by atoms with E-state index >= 15 is 0 Å². The van der Waals surface area contributed by atoms with Gasteiger partial charge in [-0.15, -0.1) is 0 Å². The van der Waals surface area contributed by atoms with Gasteiger partial charge in [-0.05, 0) is 6.92 Å². The Bertz CT molecular complexity index is 1350. The number of esters is 2. The zero-order valence-electron chi connectivity index (χ0n) is 31.0. The molecule has 4 saturated heterocycles. The predicted octanol–water partition coefficient (Wildman–Crippen LogP) is -7.29. The highest BCUT2D eigenvalue weighted by atomic mass is 16.8.